The van der Waals surface area contributed by atoms with Gasteiger partial charge in [0.2, 0.25) is 0 Å². The van der Waals surface area contributed by atoms with E-state index in [1.807, 2.05) is 30.5 Å². The number of hydrogen-bond acceptors (Lipinski definition) is 4. The van der Waals surface area contributed by atoms with Crippen LogP contribution in [-0.4, -0.2) is 59.9 Å². The zero-order chi connectivity index (χ0) is 28.3. The zero-order valence-corrected chi connectivity index (χ0v) is 25.2. The predicted octanol–water partition coefficient (Wildman–Crippen LogP) is 6.96. The third-order valence-electron chi connectivity index (χ3n) is 9.08. The molecule has 2 aromatic carbocycles. The molecule has 0 aromatic heterocycles. The van der Waals surface area contributed by atoms with Crippen molar-refractivity contribution < 1.29 is 14.7 Å². The number of carboxylic acids is 1. The van der Waals surface area contributed by atoms with Crippen LogP contribution in [0, 0.1) is 18.8 Å². The molecule has 5 nitrogen and oxygen atoms in total. The van der Waals surface area contributed by atoms with E-state index in [0.717, 1.165) is 40.6 Å². The van der Waals surface area contributed by atoms with Crippen LogP contribution >= 0.6 is 11.8 Å². The molecular weight excluding hydrogens is 523 g/mol. The molecule has 0 spiro atoms. The second kappa shape index (κ2) is 17.4. The Kier molecular flexibility index (Phi) is 14.4. The number of carbonyl (C=O) groups is 2. The number of benzene rings is 2. The first-order valence-electron chi connectivity index (χ1n) is 15.4. The van der Waals surface area contributed by atoms with Crippen LogP contribution in [0.25, 0.3) is 11.1 Å². The number of thioether (sulfide) groups is 1. The van der Waals surface area contributed by atoms with Crippen molar-refractivity contribution >= 4 is 42.5 Å². The second-order valence-electron chi connectivity index (χ2n) is 12.0. The van der Waals surface area contributed by atoms with Crippen molar-refractivity contribution in [2.75, 3.05) is 12.0 Å². The van der Waals surface area contributed by atoms with Gasteiger partial charge in [0, 0.05) is 18.2 Å². The van der Waals surface area contributed by atoms with Gasteiger partial charge in [-0.05, 0) is 90.8 Å². The fourth-order valence-electron chi connectivity index (χ4n) is 6.74. The fraction of sp³-hybridized carbons (Fsp3) is 0.588. The summed E-state index contributed by atoms with van der Waals surface area (Å²) in [6, 6.07) is 13.8. The number of hydrogen-bond donors (Lipinski definition) is 3. The number of amides is 1. The molecule has 41 heavy (non-hydrogen) atoms. The molecule has 0 radical (unpaired) electrons. The Hall–Kier alpha value is -1.71. The summed E-state index contributed by atoms with van der Waals surface area (Å²) in [7, 11) is 0. The van der Waals surface area contributed by atoms with Crippen molar-refractivity contribution in [1.29, 1.82) is 0 Å². The third-order valence-corrected chi connectivity index (χ3v) is 9.72. The van der Waals surface area contributed by atoms with Gasteiger partial charge in [0.05, 0.1) is 0 Å². The Labute approximate surface area is 263 Å². The van der Waals surface area contributed by atoms with Gasteiger partial charge in [-0.25, -0.2) is 4.79 Å². The topological polar surface area (TPSA) is 78.4 Å². The second-order valence-corrected chi connectivity index (χ2v) is 13.0. The number of nitrogens with one attached hydrogen (secondary N) is 2. The minimum atomic E-state index is -0.993. The summed E-state index contributed by atoms with van der Waals surface area (Å²) in [5.74, 6) is 0.951. The average Bonchev–Trinajstić information content (AvgIpc) is 2.98. The zero-order valence-electron chi connectivity index (χ0n) is 24.4. The standard InChI is InChI=1S/C34H48N2O3S.Li.H/c1-24-11-9-10-16-28(24)30-21-26(17-18-29(30)33(37)36-31(34(38)39)19-20-40-2)23-35-32(27-14-7-4-8-15-27)22-25-12-5-3-6-13-25;;/h9-11,16-18,21,25,27,31-32,35H,3-8,12-15,19-20,22-23H2,1-2H3,(H,36,37)(H,38,39);;. The Bertz CT molecular complexity index is 1110. The van der Waals surface area contributed by atoms with E-state index in [-0.39, 0.29) is 24.8 Å². The first-order chi connectivity index (χ1) is 19.5. The Morgan fingerprint density at radius 1 is 0.951 bits per heavy atom. The van der Waals surface area contributed by atoms with Gasteiger partial charge in [0.1, 0.15) is 6.04 Å². The monoisotopic (exact) mass is 572 g/mol. The van der Waals surface area contributed by atoms with Gasteiger partial charge in [-0.2, -0.15) is 11.8 Å². The molecule has 0 aliphatic heterocycles. The van der Waals surface area contributed by atoms with Crippen LogP contribution in [0.1, 0.15) is 98.5 Å². The van der Waals surface area contributed by atoms with Crippen molar-refractivity contribution in [2.24, 2.45) is 11.8 Å². The van der Waals surface area contributed by atoms with Crippen LogP contribution < -0.4 is 10.6 Å². The van der Waals surface area contributed by atoms with Crippen LogP contribution in [0.2, 0.25) is 0 Å². The van der Waals surface area contributed by atoms with E-state index in [0.29, 0.717) is 23.8 Å². The SMILES string of the molecule is CSCCC(NC(=O)c1ccc(CNC(CC2CCCCC2)C2CCCCC2)cc1-c1ccccc1C)C(=O)O.[LiH]. The molecule has 220 valence electrons. The molecule has 0 bridgehead atoms. The van der Waals surface area contributed by atoms with E-state index in [4.69, 9.17) is 0 Å². The molecule has 1 amide bonds. The molecule has 0 heterocycles. The van der Waals surface area contributed by atoms with E-state index < -0.39 is 12.0 Å². The molecular formula is C34H49LiN2O3S. The summed E-state index contributed by atoms with van der Waals surface area (Å²) in [6.45, 7) is 2.84. The van der Waals surface area contributed by atoms with Gasteiger partial charge in [-0.3, -0.25) is 4.79 Å². The number of aryl methyl sites for hydroxylation is 1. The van der Waals surface area contributed by atoms with E-state index in [9.17, 15) is 14.7 Å². The average molecular weight is 573 g/mol. The number of rotatable bonds is 13. The van der Waals surface area contributed by atoms with Crippen LogP contribution in [0.4, 0.5) is 0 Å². The molecule has 2 atom stereocenters. The summed E-state index contributed by atoms with van der Waals surface area (Å²) in [4.78, 5) is 25.3. The number of carbonyl (C=O) groups excluding carboxylic acids is 1. The van der Waals surface area contributed by atoms with E-state index >= 15 is 0 Å². The van der Waals surface area contributed by atoms with Gasteiger partial charge in [0.15, 0.2) is 0 Å². The Morgan fingerprint density at radius 3 is 2.29 bits per heavy atom. The van der Waals surface area contributed by atoms with Crippen molar-refractivity contribution in [3.63, 3.8) is 0 Å². The summed E-state index contributed by atoms with van der Waals surface area (Å²) < 4.78 is 0. The summed E-state index contributed by atoms with van der Waals surface area (Å²) >= 11 is 1.58. The predicted molar refractivity (Wildman–Crippen MR) is 174 cm³/mol. The first-order valence-corrected chi connectivity index (χ1v) is 16.8. The van der Waals surface area contributed by atoms with Gasteiger partial charge in [-0.15, -0.1) is 0 Å². The number of carboxylic acid groups (broad SMARTS) is 1. The normalized spacial score (nSPS) is 17.8. The molecule has 2 fully saturated rings. The Morgan fingerprint density at radius 2 is 1.63 bits per heavy atom. The van der Waals surface area contributed by atoms with Crippen LogP contribution in [0.15, 0.2) is 42.5 Å². The number of aliphatic carboxylic acids is 1. The maximum atomic E-state index is 13.4. The molecule has 2 unspecified atom stereocenters. The van der Waals surface area contributed by atoms with Crippen LogP contribution in [-0.2, 0) is 11.3 Å². The van der Waals surface area contributed by atoms with Crippen molar-refractivity contribution in [3.05, 3.63) is 59.2 Å². The van der Waals surface area contributed by atoms with Crippen molar-refractivity contribution in [3.8, 4) is 11.1 Å². The Balaban J connectivity index is 0.00000462. The van der Waals surface area contributed by atoms with Gasteiger partial charge < -0.3 is 15.7 Å². The van der Waals surface area contributed by atoms with Crippen LogP contribution in [0.5, 0.6) is 0 Å². The van der Waals surface area contributed by atoms with E-state index in [1.165, 1.54) is 70.6 Å². The van der Waals surface area contributed by atoms with E-state index in [2.05, 4.69) is 35.8 Å². The molecule has 2 saturated carbocycles. The first kappa shape index (κ1) is 33.8. The third kappa shape index (κ3) is 9.92. The van der Waals surface area contributed by atoms with E-state index in [1.54, 1.807) is 11.8 Å². The molecule has 4 rings (SSSR count). The molecule has 2 aliphatic carbocycles. The molecule has 2 aromatic rings. The quantitative estimate of drug-likeness (QED) is 0.226. The van der Waals surface area contributed by atoms with Gasteiger partial charge in [-0.1, -0.05) is 81.7 Å². The van der Waals surface area contributed by atoms with Gasteiger partial charge >= 0.3 is 24.8 Å². The molecule has 0 saturated heterocycles. The summed E-state index contributed by atoms with van der Waals surface area (Å²) in [5, 5.41) is 16.5. The van der Waals surface area contributed by atoms with Crippen LogP contribution in [0.3, 0.4) is 0 Å². The summed E-state index contributed by atoms with van der Waals surface area (Å²) in [5.41, 5.74) is 4.66. The minimum absolute atomic E-state index is 0. The molecule has 7 heteroatoms. The van der Waals surface area contributed by atoms with Crippen molar-refractivity contribution in [1.82, 2.24) is 10.6 Å². The van der Waals surface area contributed by atoms with Crippen molar-refractivity contribution in [2.45, 2.75) is 103 Å². The van der Waals surface area contributed by atoms with Gasteiger partial charge in [0.25, 0.3) is 5.91 Å². The molecule has 3 N–H and O–H groups in total. The summed E-state index contributed by atoms with van der Waals surface area (Å²) in [6.07, 6.45) is 17.3. The fourth-order valence-corrected chi connectivity index (χ4v) is 7.21. The maximum absolute atomic E-state index is 13.4. The molecule has 2 aliphatic rings.